The monoisotopic (exact) mass is 940 g/mol. The highest BCUT2D eigenvalue weighted by Crippen LogP contribution is 2.45. The summed E-state index contributed by atoms with van der Waals surface area (Å²) < 4.78 is 61.6. The van der Waals surface area contributed by atoms with Crippen molar-refractivity contribution in [3.63, 3.8) is 0 Å². The summed E-state index contributed by atoms with van der Waals surface area (Å²) in [5, 5.41) is 6.17. The molecule has 72 heavy (non-hydrogen) atoms. The summed E-state index contributed by atoms with van der Waals surface area (Å²) in [6.45, 7) is 0. The second-order valence-electron chi connectivity index (χ2n) is 17.9. The van der Waals surface area contributed by atoms with Crippen LogP contribution in [0.25, 0.3) is 76.9 Å². The molecule has 0 saturated carbocycles. The van der Waals surface area contributed by atoms with Crippen molar-refractivity contribution >= 4 is 88.5 Å². The van der Waals surface area contributed by atoms with Crippen LogP contribution >= 0.6 is 0 Å². The average Bonchev–Trinajstić information content (AvgIpc) is 3.93. The van der Waals surface area contributed by atoms with E-state index in [-0.39, 0.29) is 23.3 Å². The van der Waals surface area contributed by atoms with Gasteiger partial charge in [-0.25, -0.2) is 17.6 Å². The minimum atomic E-state index is -0.326. The molecule has 2 aromatic heterocycles. The predicted molar refractivity (Wildman–Crippen MR) is 287 cm³/mol. The lowest BCUT2D eigenvalue weighted by Crippen LogP contribution is -2.10. The van der Waals surface area contributed by atoms with Crippen LogP contribution in [0.15, 0.2) is 243 Å². The van der Waals surface area contributed by atoms with Gasteiger partial charge in [0.25, 0.3) is 0 Å². The Morgan fingerprint density at radius 3 is 1.15 bits per heavy atom. The summed E-state index contributed by atoms with van der Waals surface area (Å²) in [6, 6.07) is 76.3. The summed E-state index contributed by atoms with van der Waals surface area (Å²) in [6.07, 6.45) is 0. The topological polar surface area (TPSA) is 16.3 Å². The normalized spacial score (nSPS) is 11.6. The summed E-state index contributed by atoms with van der Waals surface area (Å²) in [5.74, 6) is -1.24. The molecule has 0 saturated heterocycles. The zero-order valence-electron chi connectivity index (χ0n) is 38.4. The quantitative estimate of drug-likeness (QED) is 0.134. The van der Waals surface area contributed by atoms with Crippen LogP contribution in [0.4, 0.5) is 51.7 Å². The minimum Gasteiger partial charge on any atom is -0.310 e. The molecule has 0 spiro atoms. The number of para-hydroxylation sites is 2. The van der Waals surface area contributed by atoms with Gasteiger partial charge in [-0.05, 0) is 180 Å². The van der Waals surface area contributed by atoms with E-state index in [0.29, 0.717) is 0 Å². The third kappa shape index (κ3) is 7.23. The molecular formula is C64H40F4N4. The van der Waals surface area contributed by atoms with Gasteiger partial charge in [-0.15, -0.1) is 0 Å². The Morgan fingerprint density at radius 2 is 0.639 bits per heavy atom. The van der Waals surface area contributed by atoms with Crippen molar-refractivity contribution in [3.05, 3.63) is 266 Å². The highest BCUT2D eigenvalue weighted by molar-refractivity contribution is 6.13. The summed E-state index contributed by atoms with van der Waals surface area (Å²) >= 11 is 0. The smallest absolute Gasteiger partial charge is 0.123 e. The first-order valence-electron chi connectivity index (χ1n) is 23.7. The third-order valence-electron chi connectivity index (χ3n) is 13.7. The van der Waals surface area contributed by atoms with Gasteiger partial charge in [0.05, 0.1) is 27.8 Å². The van der Waals surface area contributed by atoms with Crippen LogP contribution in [0.5, 0.6) is 0 Å². The number of hydrogen-bond donors (Lipinski definition) is 0. The van der Waals surface area contributed by atoms with Gasteiger partial charge in [0.1, 0.15) is 23.3 Å². The fraction of sp³-hybridized carbons (Fsp3) is 0. The molecule has 0 radical (unpaired) electrons. The fourth-order valence-electron chi connectivity index (χ4n) is 10.5. The molecule has 0 bridgehead atoms. The summed E-state index contributed by atoms with van der Waals surface area (Å²) in [4.78, 5) is 4.30. The van der Waals surface area contributed by atoms with Crippen LogP contribution < -0.4 is 9.80 Å². The lowest BCUT2D eigenvalue weighted by Gasteiger charge is -2.27. The maximum absolute atomic E-state index is 14.6. The van der Waals surface area contributed by atoms with E-state index >= 15 is 0 Å². The maximum atomic E-state index is 14.6. The molecule has 11 aromatic carbocycles. The average molecular weight is 941 g/mol. The molecule has 0 aliphatic rings. The van der Waals surface area contributed by atoms with Crippen molar-refractivity contribution in [2.24, 2.45) is 0 Å². The van der Waals surface area contributed by atoms with Crippen LogP contribution in [0.2, 0.25) is 0 Å². The zero-order valence-corrected chi connectivity index (χ0v) is 38.4. The van der Waals surface area contributed by atoms with Gasteiger partial charge >= 0.3 is 0 Å². The van der Waals surface area contributed by atoms with E-state index in [1.807, 2.05) is 24.3 Å². The van der Waals surface area contributed by atoms with Gasteiger partial charge in [-0.1, -0.05) is 78.9 Å². The van der Waals surface area contributed by atoms with Crippen molar-refractivity contribution in [3.8, 4) is 22.5 Å². The number of fused-ring (bicyclic) bond motifs is 7. The maximum Gasteiger partial charge on any atom is 0.123 e. The Balaban J connectivity index is 0.919. The van der Waals surface area contributed by atoms with Crippen molar-refractivity contribution in [2.75, 3.05) is 9.80 Å². The van der Waals surface area contributed by atoms with Gasteiger partial charge in [-0.2, -0.15) is 0 Å². The molecule has 2 heterocycles. The molecule has 8 heteroatoms. The zero-order chi connectivity index (χ0) is 48.5. The van der Waals surface area contributed by atoms with Crippen LogP contribution in [-0.4, -0.2) is 9.13 Å². The first-order chi connectivity index (χ1) is 35.3. The Hall–Kier alpha value is -9.40. The largest absolute Gasteiger partial charge is 0.310 e. The van der Waals surface area contributed by atoms with E-state index in [4.69, 9.17) is 0 Å². The first kappa shape index (κ1) is 42.7. The van der Waals surface area contributed by atoms with E-state index in [0.717, 1.165) is 111 Å². The third-order valence-corrected chi connectivity index (χ3v) is 13.7. The minimum absolute atomic E-state index is 0.294. The Kier molecular flexibility index (Phi) is 10.2. The SMILES string of the molecule is Fc1ccc(N(c2ccc(-c3cccc4c(N(c5ccc(F)cc5)c5ccc6c(c5)c5ccccc5n6-c5ccc(F)cc5)cccc34)cc2)c2ccc3c(c2)c2ccccc2n3-c2ccc(F)cc2)cc1. The van der Waals surface area contributed by atoms with E-state index < -0.39 is 0 Å². The molecule has 0 fully saturated rings. The molecule has 0 amide bonds. The second kappa shape index (κ2) is 17.2. The summed E-state index contributed by atoms with van der Waals surface area (Å²) in [5.41, 5.74) is 12.8. The van der Waals surface area contributed by atoms with Gasteiger partial charge in [0.15, 0.2) is 0 Å². The molecule has 4 nitrogen and oxygen atoms in total. The fourth-order valence-corrected chi connectivity index (χ4v) is 10.5. The lowest BCUT2D eigenvalue weighted by atomic mass is 9.96. The number of aromatic nitrogens is 2. The molecule has 344 valence electrons. The van der Waals surface area contributed by atoms with E-state index in [2.05, 4.69) is 140 Å². The van der Waals surface area contributed by atoms with Crippen molar-refractivity contribution < 1.29 is 17.6 Å². The first-order valence-corrected chi connectivity index (χ1v) is 23.7. The molecule has 0 aliphatic carbocycles. The molecule has 0 aliphatic heterocycles. The molecule has 13 rings (SSSR count). The van der Waals surface area contributed by atoms with Crippen LogP contribution in [0.1, 0.15) is 0 Å². The molecule has 0 atom stereocenters. The van der Waals surface area contributed by atoms with Crippen molar-refractivity contribution in [1.29, 1.82) is 0 Å². The molecule has 13 aromatic rings. The molecular weight excluding hydrogens is 901 g/mol. The number of hydrogen-bond acceptors (Lipinski definition) is 2. The van der Waals surface area contributed by atoms with Crippen LogP contribution in [-0.2, 0) is 0 Å². The van der Waals surface area contributed by atoms with E-state index in [9.17, 15) is 17.6 Å². The Morgan fingerprint density at radius 1 is 0.264 bits per heavy atom. The van der Waals surface area contributed by atoms with Gasteiger partial charge in [-0.3, -0.25) is 0 Å². The second-order valence-corrected chi connectivity index (χ2v) is 17.9. The van der Waals surface area contributed by atoms with Gasteiger partial charge < -0.3 is 18.9 Å². The van der Waals surface area contributed by atoms with Crippen LogP contribution in [0.3, 0.4) is 0 Å². The number of rotatable bonds is 9. The number of anilines is 6. The van der Waals surface area contributed by atoms with E-state index in [1.165, 1.54) is 48.5 Å². The Bertz CT molecular complexity index is 4180. The number of benzene rings is 11. The molecule has 0 N–H and O–H groups in total. The highest BCUT2D eigenvalue weighted by Gasteiger charge is 2.22. The number of halogens is 4. The number of nitrogens with zero attached hydrogens (tertiary/aromatic N) is 4. The van der Waals surface area contributed by atoms with Gasteiger partial charge in [0, 0.05) is 66.7 Å². The van der Waals surface area contributed by atoms with Crippen LogP contribution in [0, 0.1) is 23.3 Å². The van der Waals surface area contributed by atoms with E-state index in [1.54, 1.807) is 48.5 Å². The standard InChI is InChI=1S/C64H40F4N4/c65-42-17-27-47(28-18-42)69(51-35-37-63-58(39-51)56-7-1-3-12-61(56)71(63)49-31-21-44(67)22-32-49)46-25-15-41(16-26-46)53-9-5-11-55-54(53)10-6-14-60(55)70(48-29-19-43(66)20-30-48)52-36-38-64-59(40-52)57-8-2-4-13-62(57)72(64)50-33-23-45(68)24-34-50/h1-40H. The van der Waals surface area contributed by atoms with Crippen molar-refractivity contribution in [2.45, 2.75) is 0 Å². The Labute approximate surface area is 411 Å². The van der Waals surface area contributed by atoms with Crippen molar-refractivity contribution in [1.82, 2.24) is 9.13 Å². The predicted octanol–water partition coefficient (Wildman–Crippen LogP) is 18.2. The molecule has 0 unspecified atom stereocenters. The lowest BCUT2D eigenvalue weighted by molar-refractivity contribution is 0.627. The summed E-state index contributed by atoms with van der Waals surface area (Å²) in [7, 11) is 0. The van der Waals surface area contributed by atoms with Gasteiger partial charge in [0.2, 0.25) is 0 Å². The highest BCUT2D eigenvalue weighted by atomic mass is 19.1.